The molecule has 1 saturated heterocycles. The van der Waals surface area contributed by atoms with Gasteiger partial charge >= 0.3 is 17.8 Å². The molecule has 1 aliphatic heterocycles. The molecule has 7 rings (SSSR count). The van der Waals surface area contributed by atoms with Crippen LogP contribution >= 0.6 is 23.2 Å². The minimum Gasteiger partial charge on any atom is -0.464 e. The summed E-state index contributed by atoms with van der Waals surface area (Å²) >= 11 is 12.4. The number of nitrogens with zero attached hydrogens (tertiary/aromatic N) is 2. The highest BCUT2D eigenvalue weighted by Gasteiger charge is 2.72. The molecule has 1 aromatic carbocycles. The number of hydrogen-bond acceptors (Lipinski definition) is 7. The first-order valence-electron chi connectivity index (χ1n) is 21.5. The average Bonchev–Trinajstić information content (AvgIpc) is 3.56. The maximum Gasteiger partial charge on any atom is 0.397 e. The van der Waals surface area contributed by atoms with Crippen LogP contribution in [-0.4, -0.2) is 84.8 Å². The van der Waals surface area contributed by atoms with E-state index in [1.54, 1.807) is 18.2 Å². The van der Waals surface area contributed by atoms with Crippen molar-refractivity contribution in [3.05, 3.63) is 46.0 Å². The van der Waals surface area contributed by atoms with Crippen molar-refractivity contribution in [2.75, 3.05) is 45.9 Å². The van der Waals surface area contributed by atoms with Gasteiger partial charge in [-0.15, -0.1) is 0 Å². The topological polar surface area (TPSA) is 96.4 Å². The van der Waals surface area contributed by atoms with Crippen LogP contribution in [-0.2, 0) is 30.3 Å². The maximum atomic E-state index is 14.5. The molecule has 0 aromatic heterocycles. The number of aliphatic hydroxyl groups is 1. The van der Waals surface area contributed by atoms with Crippen LogP contribution in [0.4, 0.5) is 0 Å². The van der Waals surface area contributed by atoms with E-state index in [4.69, 9.17) is 32.7 Å². The molecule has 6 aliphatic rings. The number of fused-ring (bicyclic) bond motifs is 7. The summed E-state index contributed by atoms with van der Waals surface area (Å²) in [6.45, 7) is 22.0. The molecule has 0 radical (unpaired) electrons. The van der Waals surface area contributed by atoms with Crippen LogP contribution in [0.25, 0.3) is 0 Å². The van der Waals surface area contributed by atoms with Crippen molar-refractivity contribution in [1.29, 1.82) is 0 Å². The average molecular weight is 814 g/mol. The Morgan fingerprint density at radius 1 is 0.821 bits per heavy atom. The number of piperazine rings is 1. The fourth-order valence-corrected chi connectivity index (χ4v) is 14.9. The molecule has 8 nitrogen and oxygen atoms in total. The summed E-state index contributed by atoms with van der Waals surface area (Å²) in [6.07, 6.45) is 10.6. The van der Waals surface area contributed by atoms with Crippen molar-refractivity contribution in [2.45, 2.75) is 118 Å². The van der Waals surface area contributed by atoms with Gasteiger partial charge in [0.15, 0.2) is 0 Å². The van der Waals surface area contributed by atoms with Gasteiger partial charge in [0.25, 0.3) is 0 Å². The number of allylic oxidation sites excluding steroid dienone is 1. The van der Waals surface area contributed by atoms with Gasteiger partial charge in [-0.3, -0.25) is 14.5 Å². The number of amides is 1. The van der Waals surface area contributed by atoms with Crippen LogP contribution in [0.5, 0.6) is 0 Å². The molecule has 310 valence electrons. The summed E-state index contributed by atoms with van der Waals surface area (Å²) in [5.74, 6) is 0.628. The maximum absolute atomic E-state index is 14.5. The largest absolute Gasteiger partial charge is 0.464 e. The molecule has 10 unspecified atom stereocenters. The third kappa shape index (κ3) is 6.76. The SMILES string of the molecule is C=C(C)C1CCC2(C(=O)OCCN3CCN(C(=O)C(=O)OCCc4c(Cl)cccc4Cl)CC3)CCC3(C)C(CCC4C5(C)CCC(O)C(C)(C)C5CCC43C)C12. The smallest absolute Gasteiger partial charge is 0.397 e. The fourth-order valence-electron chi connectivity index (χ4n) is 14.3. The predicted molar refractivity (Wildman–Crippen MR) is 220 cm³/mol. The highest BCUT2D eigenvalue weighted by molar-refractivity contribution is 6.36. The summed E-state index contributed by atoms with van der Waals surface area (Å²) in [5.41, 5.74) is 1.88. The Bertz CT molecular complexity index is 1690. The minimum absolute atomic E-state index is 0.0127. The van der Waals surface area contributed by atoms with Gasteiger partial charge < -0.3 is 19.5 Å². The zero-order valence-corrected chi connectivity index (χ0v) is 36.3. The number of halogens is 2. The summed E-state index contributed by atoms with van der Waals surface area (Å²) < 4.78 is 11.6. The van der Waals surface area contributed by atoms with Gasteiger partial charge in [-0.2, -0.15) is 0 Å². The quantitative estimate of drug-likeness (QED) is 0.159. The van der Waals surface area contributed by atoms with Crippen LogP contribution in [0.3, 0.4) is 0 Å². The van der Waals surface area contributed by atoms with Crippen molar-refractivity contribution in [2.24, 2.45) is 56.7 Å². The molecule has 5 aliphatic carbocycles. The van der Waals surface area contributed by atoms with E-state index < -0.39 is 17.3 Å². The van der Waals surface area contributed by atoms with Crippen LogP contribution in [0.2, 0.25) is 10.0 Å². The molecule has 5 saturated carbocycles. The Morgan fingerprint density at radius 2 is 1.52 bits per heavy atom. The number of carbonyl (C=O) groups is 3. The van der Waals surface area contributed by atoms with Crippen molar-refractivity contribution < 1.29 is 29.0 Å². The molecule has 56 heavy (non-hydrogen) atoms. The van der Waals surface area contributed by atoms with Gasteiger partial charge in [-0.25, -0.2) is 4.79 Å². The molecule has 0 bridgehead atoms. The number of benzene rings is 1. The molecule has 0 spiro atoms. The Morgan fingerprint density at radius 3 is 2.20 bits per heavy atom. The second-order valence-corrected chi connectivity index (χ2v) is 20.9. The van der Waals surface area contributed by atoms with Gasteiger partial charge in [0.05, 0.1) is 18.1 Å². The summed E-state index contributed by atoms with van der Waals surface area (Å²) in [5, 5.41) is 12.1. The lowest BCUT2D eigenvalue weighted by atomic mass is 9.32. The molecular formula is C46H66Cl2N2O6. The van der Waals surface area contributed by atoms with Crippen molar-refractivity contribution in [3.8, 4) is 0 Å². The summed E-state index contributed by atoms with van der Waals surface area (Å²) in [4.78, 5) is 43.7. The Kier molecular flexibility index (Phi) is 11.6. The van der Waals surface area contributed by atoms with Crippen molar-refractivity contribution in [1.82, 2.24) is 9.80 Å². The molecule has 10 heteroatoms. The summed E-state index contributed by atoms with van der Waals surface area (Å²) in [6, 6.07) is 5.21. The first-order chi connectivity index (χ1) is 26.4. The minimum atomic E-state index is -0.875. The molecule has 10 atom stereocenters. The zero-order chi connectivity index (χ0) is 40.4. The second-order valence-electron chi connectivity index (χ2n) is 20.1. The second kappa shape index (κ2) is 15.5. The summed E-state index contributed by atoms with van der Waals surface area (Å²) in [7, 11) is 0. The van der Waals surface area contributed by atoms with Crippen LogP contribution in [0, 0.1) is 56.7 Å². The normalized spacial score (nSPS) is 39.1. The van der Waals surface area contributed by atoms with E-state index in [1.165, 1.54) is 29.7 Å². The third-order valence-electron chi connectivity index (χ3n) is 17.6. The highest BCUT2D eigenvalue weighted by atomic mass is 35.5. The number of ether oxygens (including phenoxy) is 2. The molecule has 1 amide bonds. The number of carbonyl (C=O) groups excluding carboxylic acids is 3. The molecule has 1 aromatic rings. The van der Waals surface area contributed by atoms with Gasteiger partial charge in [0, 0.05) is 49.2 Å². The lowest BCUT2D eigenvalue weighted by Crippen LogP contribution is -2.67. The Balaban J connectivity index is 0.953. The van der Waals surface area contributed by atoms with Gasteiger partial charge in [-0.05, 0) is 140 Å². The standard InChI is InChI=1S/C46H66Cl2N2O6/c1-29(2)30-13-19-46(21-20-44(6)32(38(30)46)11-12-36-43(5)17-15-37(51)42(3,4)35(43)14-18-45(36,44)7)41(54)56-28-26-49-22-24-50(25-23-49)39(52)40(53)55-27-16-31-33(47)9-8-10-34(31)48/h8-10,30,32,35-38,51H,1,11-28H2,2-7H3. The molecular weight excluding hydrogens is 747 g/mol. The highest BCUT2D eigenvalue weighted by Crippen LogP contribution is 2.77. The van der Waals surface area contributed by atoms with E-state index >= 15 is 0 Å². The van der Waals surface area contributed by atoms with E-state index in [2.05, 4.69) is 53.0 Å². The first kappa shape index (κ1) is 42.0. The lowest BCUT2D eigenvalue weighted by molar-refractivity contribution is -0.248. The Hall–Kier alpha value is -2.13. The first-order valence-corrected chi connectivity index (χ1v) is 22.3. The van der Waals surface area contributed by atoms with Gasteiger partial charge in [0.1, 0.15) is 6.61 Å². The Labute approximate surface area is 345 Å². The van der Waals surface area contributed by atoms with Crippen molar-refractivity contribution in [3.63, 3.8) is 0 Å². The zero-order valence-electron chi connectivity index (χ0n) is 34.8. The molecule has 6 fully saturated rings. The lowest BCUT2D eigenvalue weighted by Gasteiger charge is -2.72. The van der Waals surface area contributed by atoms with Crippen molar-refractivity contribution >= 4 is 41.0 Å². The number of aliphatic hydroxyl groups excluding tert-OH is 1. The van der Waals surface area contributed by atoms with E-state index in [-0.39, 0.29) is 46.3 Å². The van der Waals surface area contributed by atoms with E-state index in [1.807, 2.05) is 0 Å². The monoisotopic (exact) mass is 812 g/mol. The van der Waals surface area contributed by atoms with E-state index in [9.17, 15) is 19.5 Å². The van der Waals surface area contributed by atoms with Crippen LogP contribution in [0.1, 0.15) is 111 Å². The van der Waals surface area contributed by atoms with Crippen LogP contribution < -0.4 is 0 Å². The van der Waals surface area contributed by atoms with E-state index in [0.29, 0.717) is 85.0 Å². The molecule has 1 N–H and O–H groups in total. The van der Waals surface area contributed by atoms with E-state index in [0.717, 1.165) is 44.9 Å². The molecule has 1 heterocycles. The third-order valence-corrected chi connectivity index (χ3v) is 18.3. The fraction of sp³-hybridized carbons (Fsp3) is 0.761. The number of rotatable bonds is 8. The number of esters is 2. The van der Waals surface area contributed by atoms with Crippen LogP contribution in [0.15, 0.2) is 30.4 Å². The number of hydrogen-bond donors (Lipinski definition) is 1. The van der Waals surface area contributed by atoms with Gasteiger partial charge in [0.2, 0.25) is 0 Å². The predicted octanol–water partition coefficient (Wildman–Crippen LogP) is 8.79. The van der Waals surface area contributed by atoms with Gasteiger partial charge in [-0.1, -0.05) is 76.0 Å².